The molecule has 156 valence electrons. The van der Waals surface area contributed by atoms with Gasteiger partial charge in [-0.15, -0.1) is 0 Å². The maximum Gasteiger partial charge on any atom is 0.310 e. The highest BCUT2D eigenvalue weighted by Crippen LogP contribution is 2.28. The normalized spacial score (nSPS) is 15.3. The second-order valence-electron chi connectivity index (χ2n) is 6.56. The molecule has 1 N–H and O–H groups in total. The molecular weight excluding hydrogens is 388 g/mol. The van der Waals surface area contributed by atoms with Crippen molar-refractivity contribution in [2.24, 2.45) is 0 Å². The average Bonchev–Trinajstić information content (AvgIpc) is 2.66. The topological polar surface area (TPSA) is 111 Å². The Morgan fingerprint density at radius 3 is 2.54 bits per heavy atom. The van der Waals surface area contributed by atoms with Crippen molar-refractivity contribution in [3.05, 3.63) is 23.8 Å². The van der Waals surface area contributed by atoms with Crippen LogP contribution in [0.1, 0.15) is 19.4 Å². The minimum absolute atomic E-state index is 0.0141. The number of rotatable bonds is 8. The van der Waals surface area contributed by atoms with Gasteiger partial charge in [-0.2, -0.15) is 4.31 Å². The van der Waals surface area contributed by atoms with Crippen LogP contribution in [-0.4, -0.2) is 70.7 Å². The van der Waals surface area contributed by atoms with Gasteiger partial charge in [0.1, 0.15) is 10.6 Å². The zero-order valence-corrected chi connectivity index (χ0v) is 17.1. The second kappa shape index (κ2) is 9.85. The summed E-state index contributed by atoms with van der Waals surface area (Å²) in [4.78, 5) is 23.6. The Morgan fingerprint density at radius 2 is 1.93 bits per heavy atom. The Kier molecular flexibility index (Phi) is 7.78. The maximum absolute atomic E-state index is 12.9. The smallest absolute Gasteiger partial charge is 0.310 e. The molecule has 1 heterocycles. The molecule has 0 aromatic heterocycles. The van der Waals surface area contributed by atoms with Gasteiger partial charge in [-0.3, -0.25) is 9.59 Å². The number of nitrogens with one attached hydrogen (secondary N) is 1. The molecule has 1 saturated heterocycles. The highest BCUT2D eigenvalue weighted by atomic mass is 32.2. The molecular formula is C18H26N2O7S. The first kappa shape index (κ1) is 22.1. The maximum atomic E-state index is 12.9. The van der Waals surface area contributed by atoms with Crippen LogP contribution in [0.15, 0.2) is 23.1 Å². The third-order valence-electron chi connectivity index (χ3n) is 3.98. The molecule has 0 aliphatic carbocycles. The lowest BCUT2D eigenvalue weighted by atomic mass is 10.1. The summed E-state index contributed by atoms with van der Waals surface area (Å²) >= 11 is 0. The number of nitrogens with zero attached hydrogens (tertiary/aromatic N) is 1. The summed E-state index contributed by atoms with van der Waals surface area (Å²) in [5.41, 5.74) is 0.446. The van der Waals surface area contributed by atoms with E-state index in [1.807, 2.05) is 0 Å². The van der Waals surface area contributed by atoms with Crippen molar-refractivity contribution in [3.63, 3.8) is 0 Å². The molecule has 1 aromatic carbocycles. The number of carbonyl (C=O) groups excluding carboxylic acids is 2. The van der Waals surface area contributed by atoms with Gasteiger partial charge < -0.3 is 19.5 Å². The van der Waals surface area contributed by atoms with Crippen LogP contribution < -0.4 is 10.1 Å². The Balaban J connectivity index is 2.11. The van der Waals surface area contributed by atoms with Gasteiger partial charge in [-0.05, 0) is 31.5 Å². The van der Waals surface area contributed by atoms with E-state index >= 15 is 0 Å². The lowest BCUT2D eigenvalue weighted by Crippen LogP contribution is -2.40. The first-order valence-electron chi connectivity index (χ1n) is 8.94. The van der Waals surface area contributed by atoms with Gasteiger partial charge in [-0.1, -0.05) is 6.07 Å². The number of benzene rings is 1. The molecule has 1 aliphatic rings. The van der Waals surface area contributed by atoms with Gasteiger partial charge in [0.2, 0.25) is 10.0 Å². The molecule has 0 unspecified atom stereocenters. The van der Waals surface area contributed by atoms with Crippen LogP contribution >= 0.6 is 0 Å². The molecule has 0 spiro atoms. The monoisotopic (exact) mass is 414 g/mol. The second-order valence-corrected chi connectivity index (χ2v) is 8.47. The fourth-order valence-corrected chi connectivity index (χ4v) is 4.30. The predicted octanol–water partition coefficient (Wildman–Crippen LogP) is 0.326. The molecule has 0 atom stereocenters. The fraction of sp³-hybridized carbons (Fsp3) is 0.556. The standard InChI is InChI=1S/C18H26N2O7S/c1-13(2)19-17(21)12-27-18(22)11-14-4-5-15(25-3)16(10-14)28(23,24)20-6-8-26-9-7-20/h4-5,10,13H,6-9,11-12H2,1-3H3,(H,19,21). The van der Waals surface area contributed by atoms with E-state index in [0.29, 0.717) is 18.8 Å². The highest BCUT2D eigenvalue weighted by Gasteiger charge is 2.29. The SMILES string of the molecule is COc1ccc(CC(=O)OCC(=O)NC(C)C)cc1S(=O)(=O)N1CCOCC1. The van der Waals surface area contributed by atoms with Crippen molar-refractivity contribution in [1.82, 2.24) is 9.62 Å². The largest absolute Gasteiger partial charge is 0.495 e. The number of hydrogen-bond donors (Lipinski definition) is 1. The summed E-state index contributed by atoms with van der Waals surface area (Å²) in [6, 6.07) is 4.44. The van der Waals surface area contributed by atoms with Crippen LogP contribution in [0.25, 0.3) is 0 Å². The minimum Gasteiger partial charge on any atom is -0.495 e. The molecule has 1 fully saturated rings. The summed E-state index contributed by atoms with van der Waals surface area (Å²) in [5, 5.41) is 2.61. The van der Waals surface area contributed by atoms with E-state index in [1.54, 1.807) is 19.9 Å². The Hall–Kier alpha value is -2.17. The number of sulfonamides is 1. The fourth-order valence-electron chi connectivity index (χ4n) is 2.69. The van der Waals surface area contributed by atoms with E-state index in [1.165, 1.54) is 23.5 Å². The van der Waals surface area contributed by atoms with Gasteiger partial charge in [-0.25, -0.2) is 8.42 Å². The van der Waals surface area contributed by atoms with E-state index in [9.17, 15) is 18.0 Å². The quantitative estimate of drug-likeness (QED) is 0.610. The van der Waals surface area contributed by atoms with E-state index in [4.69, 9.17) is 14.2 Å². The van der Waals surface area contributed by atoms with E-state index in [2.05, 4.69) is 5.32 Å². The van der Waals surface area contributed by atoms with Crippen molar-refractivity contribution in [2.45, 2.75) is 31.2 Å². The molecule has 0 saturated carbocycles. The van der Waals surface area contributed by atoms with Crippen LogP contribution in [0, 0.1) is 0 Å². The highest BCUT2D eigenvalue weighted by molar-refractivity contribution is 7.89. The Bertz CT molecular complexity index is 802. The van der Waals surface area contributed by atoms with Crippen LogP contribution in [0.3, 0.4) is 0 Å². The van der Waals surface area contributed by atoms with Crippen molar-refractivity contribution < 1.29 is 32.2 Å². The minimum atomic E-state index is -3.79. The lowest BCUT2D eigenvalue weighted by Gasteiger charge is -2.26. The van der Waals surface area contributed by atoms with Crippen LogP contribution in [0.5, 0.6) is 5.75 Å². The van der Waals surface area contributed by atoms with Gasteiger partial charge in [0.05, 0.1) is 26.7 Å². The summed E-state index contributed by atoms with van der Waals surface area (Å²) < 4.78 is 42.6. The molecule has 1 amide bonds. The number of morpholine rings is 1. The third-order valence-corrected chi connectivity index (χ3v) is 5.90. The van der Waals surface area contributed by atoms with Crippen LogP contribution in [0.4, 0.5) is 0 Å². The molecule has 1 aliphatic heterocycles. The van der Waals surface area contributed by atoms with Crippen molar-refractivity contribution >= 4 is 21.9 Å². The van der Waals surface area contributed by atoms with Gasteiger partial charge in [0.15, 0.2) is 6.61 Å². The van der Waals surface area contributed by atoms with Gasteiger partial charge >= 0.3 is 5.97 Å². The molecule has 0 bridgehead atoms. The number of ether oxygens (including phenoxy) is 3. The van der Waals surface area contributed by atoms with E-state index < -0.39 is 21.9 Å². The Morgan fingerprint density at radius 1 is 1.25 bits per heavy atom. The molecule has 9 nitrogen and oxygen atoms in total. The zero-order chi connectivity index (χ0) is 20.7. The molecule has 28 heavy (non-hydrogen) atoms. The predicted molar refractivity (Wildman–Crippen MR) is 101 cm³/mol. The van der Waals surface area contributed by atoms with Gasteiger partial charge in [0, 0.05) is 19.1 Å². The summed E-state index contributed by atoms with van der Waals surface area (Å²) in [5.74, 6) is -0.827. The van der Waals surface area contributed by atoms with Crippen molar-refractivity contribution in [2.75, 3.05) is 40.0 Å². The number of esters is 1. The molecule has 10 heteroatoms. The first-order valence-corrected chi connectivity index (χ1v) is 10.4. The van der Waals surface area contributed by atoms with Gasteiger partial charge in [0.25, 0.3) is 5.91 Å². The number of hydrogen-bond acceptors (Lipinski definition) is 7. The molecule has 1 aromatic rings. The van der Waals surface area contributed by atoms with E-state index in [0.717, 1.165) is 0 Å². The van der Waals surface area contributed by atoms with Crippen molar-refractivity contribution in [1.29, 1.82) is 0 Å². The van der Waals surface area contributed by atoms with Crippen LogP contribution in [-0.2, 0) is 35.5 Å². The summed E-state index contributed by atoms with van der Waals surface area (Å²) in [6.45, 7) is 4.37. The number of methoxy groups -OCH3 is 1. The first-order chi connectivity index (χ1) is 13.2. The zero-order valence-electron chi connectivity index (χ0n) is 16.3. The van der Waals surface area contributed by atoms with Crippen LogP contribution in [0.2, 0.25) is 0 Å². The molecule has 0 radical (unpaired) electrons. The summed E-state index contributed by atoms with van der Waals surface area (Å²) in [6.07, 6.45) is -0.162. The third kappa shape index (κ3) is 5.91. The lowest BCUT2D eigenvalue weighted by molar-refractivity contribution is -0.148. The average molecular weight is 414 g/mol. The molecule has 2 rings (SSSR count). The number of carbonyl (C=O) groups is 2. The van der Waals surface area contributed by atoms with Crippen molar-refractivity contribution in [3.8, 4) is 5.75 Å². The summed E-state index contributed by atoms with van der Waals surface area (Å²) in [7, 11) is -2.41. The van der Waals surface area contributed by atoms with E-state index in [-0.39, 0.29) is 42.8 Å². The Labute approximate surface area is 165 Å². The number of amides is 1.